The summed E-state index contributed by atoms with van der Waals surface area (Å²) in [5.41, 5.74) is 4.73. The number of alkyl halides is 9. The minimum atomic E-state index is -4.82. The van der Waals surface area contributed by atoms with Gasteiger partial charge < -0.3 is 114 Å². The van der Waals surface area contributed by atoms with E-state index in [0.29, 0.717) is 155 Å². The molecule has 0 bridgehead atoms. The van der Waals surface area contributed by atoms with Crippen LogP contribution < -0.4 is 64.5 Å². The van der Waals surface area contributed by atoms with Crippen LogP contribution in [0.4, 0.5) is 86.1 Å². The maximum absolute atomic E-state index is 13.8. The van der Waals surface area contributed by atoms with Gasteiger partial charge in [-0.2, -0.15) is 59.4 Å². The van der Waals surface area contributed by atoms with Crippen LogP contribution in [0.15, 0.2) is 170 Å². The standard InChI is InChI=1S/C26H26F3N5O5.2C24H23F3N4O5.C23H24ClN5O3/c1-4-38-11-10-30-22(35)15-8-9-18(20(12-15)37-3)32-25-31-13-17(26(27,28)29)23(33-25)39-19-7-5-6-16-14-34(2)24(36)21(16)19;2*1-31-11-14-4-3-5-18(20(14)22(31)34)36-21-16(24(25,26)27)10-28-23(30-21)29-17-7-6-13(8-15(33)12-32)9-19(17)35-2;1-28(2)12-14-8-9-17(19(10-14)31-4)26-23-25-11-16(24)21(27-23)32-18-7-5-6-15-13-29(3)22(30)20(15)18/h5-9,12-13H,4,10-11,14H2,1-3H3,(H,30,35)(H,31,32,33);2*3-7,9-10,15,32-33H,8,11-12H2,1-2H3,(H,28,29,30);5-11H,12-13H2,1-4H3,(H,25,26,27)/t;2*15-;/m.10./s1. The van der Waals surface area contributed by atoms with E-state index in [4.69, 9.17) is 64.4 Å². The molecule has 4 aliphatic heterocycles. The van der Waals surface area contributed by atoms with Crippen molar-refractivity contribution in [2.45, 2.75) is 83.2 Å². The molecule has 4 aliphatic rings. The van der Waals surface area contributed by atoms with E-state index in [-0.39, 0.29) is 111 Å². The second kappa shape index (κ2) is 45.8. The van der Waals surface area contributed by atoms with E-state index in [1.165, 1.54) is 78.6 Å². The molecule has 12 aromatic rings. The van der Waals surface area contributed by atoms with E-state index < -0.39 is 78.3 Å². The molecule has 9 N–H and O–H groups in total. The Kier molecular flexibility index (Phi) is 33.6. The highest BCUT2D eigenvalue weighted by molar-refractivity contribution is 6.31. The average Bonchev–Trinajstić information content (AvgIpc) is 1.70. The SMILES string of the molecule is CCOCCNC(=O)c1ccc(Nc2ncc(C(F)(F)F)c(Oc3cccc4c3C(=O)N(C)C4)n2)c(OC)c1.COc1cc(CN(C)C)ccc1Nc1ncc(Cl)c(Oc2cccc3c2C(=O)N(C)C3)n1.COc1cc(C[C@@H](O)CO)ccc1Nc1ncc(C(F)(F)F)c(Oc2cccc3c2C(=O)N(C)C3)n1.COc1cc(C[C@H](O)CO)ccc1Nc1ncc(C(F)(F)F)c(Oc2cccc3c2C(=O)N(C)C3)n1. The molecule has 46 heteroatoms. The first-order valence-corrected chi connectivity index (χ1v) is 44.0. The van der Waals surface area contributed by atoms with Gasteiger partial charge in [-0.15, -0.1) is 0 Å². The number of halogens is 10. The van der Waals surface area contributed by atoms with Crippen molar-refractivity contribution < 1.29 is 127 Å². The molecule has 8 aromatic carbocycles. The van der Waals surface area contributed by atoms with Gasteiger partial charge in [-0.1, -0.05) is 78.3 Å². The van der Waals surface area contributed by atoms with E-state index in [0.717, 1.165) is 17.7 Å². The number of ether oxygens (including phenoxy) is 9. The fourth-order valence-electron chi connectivity index (χ4n) is 15.0. The molecule has 0 radical (unpaired) electrons. The fraction of sp³-hybridized carbons (Fsp3) is 0.289. The van der Waals surface area contributed by atoms with Crippen molar-refractivity contribution in [3.05, 3.63) is 259 Å². The van der Waals surface area contributed by atoms with Crippen LogP contribution in [0.2, 0.25) is 5.02 Å². The number of aromatic nitrogens is 8. The Morgan fingerprint density at radius 3 is 1.04 bits per heavy atom. The predicted octanol–water partition coefficient (Wildman–Crippen LogP) is 15.8. The number of amides is 5. The first-order chi connectivity index (χ1) is 68.2. The van der Waals surface area contributed by atoms with Gasteiger partial charge >= 0.3 is 18.5 Å². The normalized spacial score (nSPS) is 13.4. The van der Waals surface area contributed by atoms with Crippen molar-refractivity contribution in [2.24, 2.45) is 0 Å². The maximum Gasteiger partial charge on any atom is 0.423 e. The number of carbonyl (C=O) groups is 5. The van der Waals surface area contributed by atoms with Crippen molar-refractivity contribution in [3.63, 3.8) is 0 Å². The molecule has 0 saturated carbocycles. The molecule has 4 aromatic heterocycles. The van der Waals surface area contributed by atoms with E-state index in [1.54, 1.807) is 119 Å². The van der Waals surface area contributed by atoms with Gasteiger partial charge in [0.2, 0.25) is 47.3 Å². The Hall–Kier alpha value is -15.6. The molecule has 0 saturated heterocycles. The van der Waals surface area contributed by atoms with Gasteiger partial charge in [-0.25, -0.2) is 19.9 Å². The van der Waals surface area contributed by atoms with Gasteiger partial charge in [0.05, 0.1) is 112 Å². The third-order valence-corrected chi connectivity index (χ3v) is 22.1. The fourth-order valence-corrected chi connectivity index (χ4v) is 15.2. The van der Waals surface area contributed by atoms with Gasteiger partial charge in [0, 0.05) is 111 Å². The summed E-state index contributed by atoms with van der Waals surface area (Å²) >= 11 is 6.29. The highest BCUT2D eigenvalue weighted by atomic mass is 35.5. The lowest BCUT2D eigenvalue weighted by Gasteiger charge is -2.16. The third kappa shape index (κ3) is 25.6. The number of benzene rings is 8. The van der Waals surface area contributed by atoms with Crippen LogP contribution in [-0.4, -0.2) is 230 Å². The molecule has 16 rings (SSSR count). The maximum atomic E-state index is 13.8. The third-order valence-electron chi connectivity index (χ3n) is 21.9. The highest BCUT2D eigenvalue weighted by Crippen LogP contribution is 2.47. The molecule has 0 aliphatic carbocycles. The molecular formula is C97H96ClF9N18O18. The van der Waals surface area contributed by atoms with E-state index in [2.05, 4.69) is 71.4 Å². The van der Waals surface area contributed by atoms with Crippen molar-refractivity contribution in [1.29, 1.82) is 0 Å². The zero-order valence-electron chi connectivity index (χ0n) is 78.4. The Balaban J connectivity index is 0.000000160. The van der Waals surface area contributed by atoms with Gasteiger partial charge in [0.25, 0.3) is 29.5 Å². The summed E-state index contributed by atoms with van der Waals surface area (Å²) in [6.45, 7) is 4.55. The minimum Gasteiger partial charge on any atom is -0.495 e. The first-order valence-electron chi connectivity index (χ1n) is 43.6. The summed E-state index contributed by atoms with van der Waals surface area (Å²) < 4.78 is 173. The Morgan fingerprint density at radius 2 is 0.727 bits per heavy atom. The van der Waals surface area contributed by atoms with Crippen molar-refractivity contribution in [2.75, 3.05) is 125 Å². The smallest absolute Gasteiger partial charge is 0.423 e. The topological polar surface area (TPSA) is 429 Å². The summed E-state index contributed by atoms with van der Waals surface area (Å²) in [6, 6.07) is 39.7. The van der Waals surface area contributed by atoms with E-state index >= 15 is 0 Å². The van der Waals surface area contributed by atoms with Gasteiger partial charge in [-0.3, -0.25) is 24.0 Å². The number of hydrogen-bond acceptors (Lipinski definition) is 31. The molecule has 2 atom stereocenters. The van der Waals surface area contributed by atoms with Crippen LogP contribution in [0, 0.1) is 0 Å². The number of methoxy groups -OCH3 is 4. The molecule has 0 unspecified atom stereocenters. The summed E-state index contributed by atoms with van der Waals surface area (Å²) in [6.07, 6.45) is -12.7. The summed E-state index contributed by atoms with van der Waals surface area (Å²) in [5.74, 6) is -2.21. The lowest BCUT2D eigenvalue weighted by Crippen LogP contribution is -2.27. The number of aliphatic hydroxyl groups excluding tert-OH is 4. The molecule has 8 heterocycles. The number of nitrogens with zero attached hydrogens (tertiary/aromatic N) is 13. The Bertz CT molecular complexity index is 6500. The van der Waals surface area contributed by atoms with Gasteiger partial charge in [0.1, 0.15) is 67.7 Å². The summed E-state index contributed by atoms with van der Waals surface area (Å²) in [7, 11) is 16.3. The average molecular weight is 2010 g/mol. The predicted molar refractivity (Wildman–Crippen MR) is 502 cm³/mol. The monoisotopic (exact) mass is 2010 g/mol. The molecule has 36 nitrogen and oxygen atoms in total. The van der Waals surface area contributed by atoms with Crippen molar-refractivity contribution >= 4 is 87.7 Å². The molecular weight excluding hydrogens is 1910 g/mol. The largest absolute Gasteiger partial charge is 0.495 e. The molecule has 0 fully saturated rings. The zero-order chi connectivity index (χ0) is 103. The van der Waals surface area contributed by atoms with Crippen molar-refractivity contribution in [1.82, 2.24) is 69.7 Å². The highest BCUT2D eigenvalue weighted by Gasteiger charge is 2.42. The van der Waals surface area contributed by atoms with Gasteiger partial charge in [0.15, 0.2) is 0 Å². The minimum absolute atomic E-state index is 0.0404. The number of fused-ring (bicyclic) bond motifs is 4. The second-order valence-electron chi connectivity index (χ2n) is 32.6. The van der Waals surface area contributed by atoms with Crippen LogP contribution in [0.5, 0.6) is 69.5 Å². The molecule has 5 amide bonds. The Morgan fingerprint density at radius 1 is 0.427 bits per heavy atom. The van der Waals surface area contributed by atoms with E-state index in [9.17, 15) is 73.7 Å². The lowest BCUT2D eigenvalue weighted by molar-refractivity contribution is -0.140. The number of hydrogen-bond donors (Lipinski definition) is 9. The van der Waals surface area contributed by atoms with Crippen LogP contribution in [-0.2, 0) is 68.8 Å². The van der Waals surface area contributed by atoms with Gasteiger partial charge in [-0.05, 0) is 139 Å². The van der Waals surface area contributed by atoms with Crippen LogP contribution in [0.25, 0.3) is 0 Å². The van der Waals surface area contributed by atoms with Crippen LogP contribution >= 0.6 is 11.6 Å². The molecule has 143 heavy (non-hydrogen) atoms. The number of anilines is 8. The molecule has 752 valence electrons. The number of aliphatic hydroxyl groups is 4. The number of carbonyl (C=O) groups excluding carboxylic acids is 5. The second-order valence-corrected chi connectivity index (χ2v) is 33.0. The quantitative estimate of drug-likeness (QED) is 0.0136. The summed E-state index contributed by atoms with van der Waals surface area (Å²) in [5, 5.41) is 51.9. The van der Waals surface area contributed by atoms with Crippen LogP contribution in [0.3, 0.4) is 0 Å². The Labute approximate surface area is 816 Å². The zero-order valence-corrected chi connectivity index (χ0v) is 79.2. The summed E-state index contributed by atoms with van der Waals surface area (Å²) in [4.78, 5) is 102. The van der Waals surface area contributed by atoms with Crippen LogP contribution in [0.1, 0.15) is 114 Å². The first kappa shape index (κ1) is 105. The van der Waals surface area contributed by atoms with Crippen molar-refractivity contribution in [3.8, 4) is 69.5 Å². The number of nitrogens with one attached hydrogen (secondary N) is 5. The lowest BCUT2D eigenvalue weighted by atomic mass is 10.1. The van der Waals surface area contributed by atoms with E-state index in [1.807, 2.05) is 51.4 Å². The number of rotatable bonds is 33. The molecule has 0 spiro atoms.